The minimum Gasteiger partial charge on any atom is -0.311 e. The van der Waals surface area contributed by atoms with Gasteiger partial charge in [0, 0.05) is 57.1 Å². The van der Waals surface area contributed by atoms with Gasteiger partial charge in [0.15, 0.2) is 0 Å². The fourth-order valence-electron chi connectivity index (χ4n) is 13.0. The Bertz CT molecular complexity index is 4370. The molecule has 6 heteroatoms. The standard InChI is InChI=1S/C74H52F4N2/c1-73(2)65-39-48(46-24-28-58(29-25-46)79(55-18-8-5-9-19-55)56-20-10-6-11-21-56)27-32-61(65)71-67(73)43-63-64(69(71)49-34-51(75)40-52(76)35-49)44-68-72(70(63)50-36-53(77)41-54(78)37-50)62-33-31-60(42-66(62)74(68,3)4)80(57-22-12-7-13-23-57)59-30-26-45-16-14-15-17-47(45)38-59/h5-44H,1-4H3. The molecule has 0 saturated carbocycles. The molecule has 14 rings (SSSR count). The molecule has 0 unspecified atom stereocenters. The van der Waals surface area contributed by atoms with Gasteiger partial charge < -0.3 is 9.80 Å². The van der Waals surface area contributed by atoms with Crippen LogP contribution in [0.25, 0.3) is 77.2 Å². The molecule has 0 saturated heterocycles. The predicted molar refractivity (Wildman–Crippen MR) is 322 cm³/mol. The van der Waals surface area contributed by atoms with Gasteiger partial charge in [0.1, 0.15) is 23.3 Å². The lowest BCUT2D eigenvalue weighted by atomic mass is 9.76. The third kappa shape index (κ3) is 7.92. The van der Waals surface area contributed by atoms with Crippen LogP contribution in [0.1, 0.15) is 49.9 Å². The molecule has 0 N–H and O–H groups in total. The lowest BCUT2D eigenvalue weighted by Crippen LogP contribution is -2.17. The van der Waals surface area contributed by atoms with Crippen molar-refractivity contribution >= 4 is 55.7 Å². The lowest BCUT2D eigenvalue weighted by Gasteiger charge is -2.28. The average molecular weight is 1050 g/mol. The van der Waals surface area contributed by atoms with Crippen LogP contribution in [0.4, 0.5) is 51.7 Å². The Morgan fingerprint density at radius 1 is 0.263 bits per heavy atom. The van der Waals surface area contributed by atoms with Crippen LogP contribution >= 0.6 is 0 Å². The van der Waals surface area contributed by atoms with Gasteiger partial charge in [-0.2, -0.15) is 0 Å². The summed E-state index contributed by atoms with van der Waals surface area (Å²) in [6, 6.07) is 79.1. The van der Waals surface area contributed by atoms with Gasteiger partial charge in [0.25, 0.3) is 0 Å². The summed E-state index contributed by atoms with van der Waals surface area (Å²) >= 11 is 0. The van der Waals surface area contributed by atoms with Crippen LogP contribution in [0.2, 0.25) is 0 Å². The molecule has 12 aromatic rings. The molecule has 0 aromatic heterocycles. The monoisotopic (exact) mass is 1040 g/mol. The van der Waals surface area contributed by atoms with Gasteiger partial charge >= 0.3 is 0 Å². The number of anilines is 6. The fraction of sp³-hybridized carbons (Fsp3) is 0.0811. The van der Waals surface area contributed by atoms with Crippen molar-refractivity contribution < 1.29 is 17.6 Å². The Balaban J connectivity index is 0.975. The zero-order chi connectivity index (χ0) is 54.6. The molecular formula is C74H52F4N2. The molecule has 80 heavy (non-hydrogen) atoms. The normalized spacial score (nSPS) is 13.4. The molecule has 0 amide bonds. The van der Waals surface area contributed by atoms with Gasteiger partial charge in [-0.05, 0) is 215 Å². The van der Waals surface area contributed by atoms with Crippen LogP contribution in [0, 0.1) is 23.3 Å². The second kappa shape index (κ2) is 18.6. The van der Waals surface area contributed by atoms with E-state index >= 15 is 17.6 Å². The summed E-state index contributed by atoms with van der Waals surface area (Å²) in [7, 11) is 0. The third-order valence-corrected chi connectivity index (χ3v) is 16.8. The SMILES string of the molecule is CC1(C)c2cc(-c3ccc(N(c4ccccc4)c4ccccc4)cc3)ccc2-c2c1cc1c(-c3cc(F)cc(F)c3)c3c(cc1c2-c1cc(F)cc(F)c1)C(C)(C)c1cc(N(c2ccccc2)c2ccc4ccccc4c2)ccc1-3. The zero-order valence-electron chi connectivity index (χ0n) is 44.5. The third-order valence-electron chi connectivity index (χ3n) is 16.8. The van der Waals surface area contributed by atoms with E-state index in [1.165, 1.54) is 24.3 Å². The molecule has 12 aromatic carbocycles. The van der Waals surface area contributed by atoms with Crippen LogP contribution in [-0.2, 0) is 10.8 Å². The molecule has 2 aliphatic rings. The summed E-state index contributed by atoms with van der Waals surface area (Å²) in [5.41, 5.74) is 16.4. The first-order valence-corrected chi connectivity index (χ1v) is 27.1. The number of nitrogens with zero attached hydrogens (tertiary/aromatic N) is 2. The Kier molecular flexibility index (Phi) is 11.3. The van der Waals surface area contributed by atoms with Crippen molar-refractivity contribution in [3.63, 3.8) is 0 Å². The van der Waals surface area contributed by atoms with Crippen molar-refractivity contribution in [3.05, 3.63) is 288 Å². The number of hydrogen-bond donors (Lipinski definition) is 0. The number of para-hydroxylation sites is 3. The summed E-state index contributed by atoms with van der Waals surface area (Å²) in [4.78, 5) is 4.50. The predicted octanol–water partition coefficient (Wildman–Crippen LogP) is 21.1. The van der Waals surface area contributed by atoms with Gasteiger partial charge in [0.05, 0.1) is 0 Å². The second-order valence-electron chi connectivity index (χ2n) is 22.3. The second-order valence-corrected chi connectivity index (χ2v) is 22.3. The first-order chi connectivity index (χ1) is 38.8. The summed E-state index contributed by atoms with van der Waals surface area (Å²) in [6.45, 7) is 8.75. The van der Waals surface area contributed by atoms with E-state index in [4.69, 9.17) is 0 Å². The lowest BCUT2D eigenvalue weighted by molar-refractivity contribution is 0.583. The van der Waals surface area contributed by atoms with Crippen molar-refractivity contribution in [1.29, 1.82) is 0 Å². The Hall–Kier alpha value is -9.52. The maximum atomic E-state index is 15.9. The van der Waals surface area contributed by atoms with E-state index in [2.05, 4.69) is 177 Å². The van der Waals surface area contributed by atoms with Gasteiger partial charge in [-0.15, -0.1) is 0 Å². The van der Waals surface area contributed by atoms with E-state index in [0.29, 0.717) is 22.3 Å². The average Bonchev–Trinajstić information content (AvgIpc) is 4.01. The highest BCUT2D eigenvalue weighted by Crippen LogP contribution is 2.61. The zero-order valence-corrected chi connectivity index (χ0v) is 44.5. The van der Waals surface area contributed by atoms with E-state index in [-0.39, 0.29) is 0 Å². The van der Waals surface area contributed by atoms with Crippen LogP contribution in [0.15, 0.2) is 243 Å². The van der Waals surface area contributed by atoms with Gasteiger partial charge in [0.2, 0.25) is 0 Å². The molecule has 0 heterocycles. The van der Waals surface area contributed by atoms with Crippen molar-refractivity contribution in [2.75, 3.05) is 9.80 Å². The Labute approximate surface area is 463 Å². The van der Waals surface area contributed by atoms with E-state index in [1.54, 1.807) is 0 Å². The summed E-state index contributed by atoms with van der Waals surface area (Å²) in [5.74, 6) is -2.82. The highest BCUT2D eigenvalue weighted by atomic mass is 19.1. The minimum absolute atomic E-state index is 0.368. The molecule has 0 bridgehead atoms. The van der Waals surface area contributed by atoms with E-state index in [1.807, 2.05) is 66.7 Å². The van der Waals surface area contributed by atoms with Crippen molar-refractivity contribution in [2.24, 2.45) is 0 Å². The van der Waals surface area contributed by atoms with Crippen LogP contribution in [-0.4, -0.2) is 0 Å². The van der Waals surface area contributed by atoms with E-state index in [0.717, 1.165) is 123 Å². The van der Waals surface area contributed by atoms with E-state index in [9.17, 15) is 0 Å². The minimum atomic E-state index is -0.706. The molecular weight excluding hydrogens is 993 g/mol. The molecule has 2 aliphatic carbocycles. The summed E-state index contributed by atoms with van der Waals surface area (Å²) < 4.78 is 63.5. The molecule has 386 valence electrons. The van der Waals surface area contributed by atoms with Gasteiger partial charge in [-0.3, -0.25) is 0 Å². The van der Waals surface area contributed by atoms with Crippen molar-refractivity contribution in [1.82, 2.24) is 0 Å². The van der Waals surface area contributed by atoms with Crippen molar-refractivity contribution in [2.45, 2.75) is 38.5 Å². The summed E-state index contributed by atoms with van der Waals surface area (Å²) in [5, 5.41) is 3.70. The molecule has 0 spiro atoms. The molecule has 2 nitrogen and oxygen atoms in total. The first kappa shape index (κ1) is 48.8. The highest BCUT2D eigenvalue weighted by Gasteiger charge is 2.43. The maximum absolute atomic E-state index is 15.9. The van der Waals surface area contributed by atoms with Gasteiger partial charge in [-0.1, -0.05) is 143 Å². The highest BCUT2D eigenvalue weighted by molar-refractivity contribution is 6.17. The molecule has 0 aliphatic heterocycles. The molecule has 0 fully saturated rings. The Morgan fingerprint density at radius 3 is 1.14 bits per heavy atom. The molecule has 0 atom stereocenters. The van der Waals surface area contributed by atoms with Gasteiger partial charge in [-0.25, -0.2) is 17.6 Å². The first-order valence-electron chi connectivity index (χ1n) is 27.1. The maximum Gasteiger partial charge on any atom is 0.126 e. The molecule has 0 radical (unpaired) electrons. The number of fused-ring (bicyclic) bond motifs is 8. The smallest absolute Gasteiger partial charge is 0.126 e. The van der Waals surface area contributed by atoms with Crippen LogP contribution in [0.3, 0.4) is 0 Å². The van der Waals surface area contributed by atoms with Crippen molar-refractivity contribution in [3.8, 4) is 55.6 Å². The fourth-order valence-corrected chi connectivity index (χ4v) is 13.0. The topological polar surface area (TPSA) is 6.48 Å². The number of benzene rings is 12. The largest absolute Gasteiger partial charge is 0.311 e. The number of halogens is 4. The van der Waals surface area contributed by atoms with Crippen LogP contribution in [0.5, 0.6) is 0 Å². The number of rotatable bonds is 9. The Morgan fingerprint density at radius 2 is 0.637 bits per heavy atom. The summed E-state index contributed by atoms with van der Waals surface area (Å²) in [6.07, 6.45) is 0. The quantitative estimate of drug-likeness (QED) is 0.133. The number of hydrogen-bond acceptors (Lipinski definition) is 2. The van der Waals surface area contributed by atoms with E-state index < -0.39 is 34.1 Å². The van der Waals surface area contributed by atoms with Crippen LogP contribution < -0.4 is 9.80 Å².